The van der Waals surface area contributed by atoms with Crippen LogP contribution in [-0.2, 0) is 10.3 Å². The molecule has 3 rings (SSSR count). The minimum Gasteiger partial charge on any atom is -0.376 e. The van der Waals surface area contributed by atoms with Crippen molar-refractivity contribution in [2.75, 3.05) is 13.2 Å². The fourth-order valence-corrected chi connectivity index (χ4v) is 2.22. The minimum absolute atomic E-state index is 0.133. The average molecular weight is 202 g/mol. The van der Waals surface area contributed by atoms with Gasteiger partial charge in [-0.25, -0.2) is 0 Å². The monoisotopic (exact) mass is 202 g/mol. The molecule has 15 heavy (non-hydrogen) atoms. The highest BCUT2D eigenvalue weighted by molar-refractivity contribution is 5.83. The van der Waals surface area contributed by atoms with Gasteiger partial charge in [-0.15, -0.1) is 0 Å². The molecule has 0 unspecified atom stereocenters. The van der Waals surface area contributed by atoms with Crippen molar-refractivity contribution in [2.45, 2.75) is 19.4 Å². The third-order valence-corrected chi connectivity index (χ3v) is 3.21. The maximum absolute atomic E-state index is 5.31. The molecule has 3 nitrogen and oxygen atoms in total. The van der Waals surface area contributed by atoms with E-state index in [9.17, 15) is 0 Å². The Bertz CT molecular complexity index is 511. The molecule has 78 valence electrons. The van der Waals surface area contributed by atoms with Crippen LogP contribution in [0, 0.1) is 6.92 Å². The van der Waals surface area contributed by atoms with E-state index in [1.165, 1.54) is 16.5 Å². The SMILES string of the molecule is Cc1cn(C2(C)COC2)c2ccncc12. The zero-order valence-electron chi connectivity index (χ0n) is 9.03. The lowest BCUT2D eigenvalue weighted by molar-refractivity contribution is -0.0874. The van der Waals surface area contributed by atoms with Crippen molar-refractivity contribution in [2.24, 2.45) is 0 Å². The summed E-state index contributed by atoms with van der Waals surface area (Å²) in [4.78, 5) is 4.17. The lowest BCUT2D eigenvalue weighted by Gasteiger charge is -2.40. The summed E-state index contributed by atoms with van der Waals surface area (Å²) in [6.45, 7) is 5.97. The number of ether oxygens (including phenoxy) is 1. The molecular weight excluding hydrogens is 188 g/mol. The fourth-order valence-electron chi connectivity index (χ4n) is 2.22. The van der Waals surface area contributed by atoms with Gasteiger partial charge in [0.05, 0.1) is 24.3 Å². The van der Waals surface area contributed by atoms with Gasteiger partial charge in [0.25, 0.3) is 0 Å². The quantitative estimate of drug-likeness (QED) is 0.708. The average Bonchev–Trinajstić information content (AvgIpc) is 2.54. The van der Waals surface area contributed by atoms with Crippen molar-refractivity contribution < 1.29 is 4.74 Å². The third kappa shape index (κ3) is 1.13. The highest BCUT2D eigenvalue weighted by atomic mass is 16.5. The molecule has 0 spiro atoms. The molecule has 1 saturated heterocycles. The number of hydrogen-bond donors (Lipinski definition) is 0. The first kappa shape index (κ1) is 8.92. The Morgan fingerprint density at radius 3 is 2.93 bits per heavy atom. The Balaban J connectivity index is 2.27. The minimum atomic E-state index is 0.133. The molecule has 0 aliphatic carbocycles. The Morgan fingerprint density at radius 1 is 1.47 bits per heavy atom. The van der Waals surface area contributed by atoms with Gasteiger partial charge in [0.2, 0.25) is 0 Å². The predicted octanol–water partition coefficient (Wildman–Crippen LogP) is 2.09. The van der Waals surface area contributed by atoms with Gasteiger partial charge >= 0.3 is 0 Å². The highest BCUT2D eigenvalue weighted by Gasteiger charge is 2.36. The Hall–Kier alpha value is -1.35. The second-order valence-electron chi connectivity index (χ2n) is 4.56. The van der Waals surface area contributed by atoms with E-state index in [0.29, 0.717) is 0 Å². The molecule has 0 atom stereocenters. The summed E-state index contributed by atoms with van der Waals surface area (Å²) in [5.41, 5.74) is 2.67. The number of hydrogen-bond acceptors (Lipinski definition) is 2. The van der Waals surface area contributed by atoms with Crippen LogP contribution in [0.1, 0.15) is 12.5 Å². The Labute approximate surface area is 88.7 Å². The van der Waals surface area contributed by atoms with Crippen LogP contribution in [-0.4, -0.2) is 22.8 Å². The van der Waals surface area contributed by atoms with Crippen LogP contribution in [0.5, 0.6) is 0 Å². The molecule has 0 aromatic carbocycles. The van der Waals surface area contributed by atoms with E-state index in [1.54, 1.807) is 0 Å². The van der Waals surface area contributed by atoms with Crippen molar-refractivity contribution in [3.05, 3.63) is 30.2 Å². The molecule has 1 fully saturated rings. The number of rotatable bonds is 1. The Morgan fingerprint density at radius 2 is 2.27 bits per heavy atom. The van der Waals surface area contributed by atoms with Crippen molar-refractivity contribution in [3.63, 3.8) is 0 Å². The molecule has 0 bridgehead atoms. The van der Waals surface area contributed by atoms with Crippen molar-refractivity contribution in [3.8, 4) is 0 Å². The zero-order chi connectivity index (χ0) is 10.5. The first-order valence-electron chi connectivity index (χ1n) is 5.21. The van der Waals surface area contributed by atoms with E-state index in [1.807, 2.05) is 12.4 Å². The van der Waals surface area contributed by atoms with Crippen LogP contribution in [0.3, 0.4) is 0 Å². The normalized spacial score (nSPS) is 19.1. The molecule has 2 aromatic rings. The number of aromatic nitrogens is 2. The zero-order valence-corrected chi connectivity index (χ0v) is 9.03. The highest BCUT2D eigenvalue weighted by Crippen LogP contribution is 2.31. The van der Waals surface area contributed by atoms with Crippen LogP contribution in [0.4, 0.5) is 0 Å². The number of nitrogens with zero attached hydrogens (tertiary/aromatic N) is 2. The van der Waals surface area contributed by atoms with E-state index in [4.69, 9.17) is 4.74 Å². The summed E-state index contributed by atoms with van der Waals surface area (Å²) >= 11 is 0. The van der Waals surface area contributed by atoms with Crippen LogP contribution >= 0.6 is 0 Å². The maximum atomic E-state index is 5.31. The topological polar surface area (TPSA) is 27.1 Å². The number of fused-ring (bicyclic) bond motifs is 1. The Kier molecular flexibility index (Phi) is 1.68. The third-order valence-electron chi connectivity index (χ3n) is 3.21. The molecule has 3 heterocycles. The van der Waals surface area contributed by atoms with E-state index in [2.05, 4.69) is 35.7 Å². The van der Waals surface area contributed by atoms with Gasteiger partial charge in [-0.2, -0.15) is 0 Å². The van der Waals surface area contributed by atoms with Crippen LogP contribution in [0.2, 0.25) is 0 Å². The summed E-state index contributed by atoms with van der Waals surface area (Å²) in [5, 5.41) is 1.24. The molecule has 0 N–H and O–H groups in total. The van der Waals surface area contributed by atoms with Gasteiger partial charge in [-0.05, 0) is 25.5 Å². The first-order valence-corrected chi connectivity index (χ1v) is 5.21. The second-order valence-corrected chi connectivity index (χ2v) is 4.56. The molecule has 0 amide bonds. The lowest BCUT2D eigenvalue weighted by Crippen LogP contribution is -2.48. The smallest absolute Gasteiger partial charge is 0.0883 e. The maximum Gasteiger partial charge on any atom is 0.0883 e. The van der Waals surface area contributed by atoms with Gasteiger partial charge in [-0.1, -0.05) is 0 Å². The van der Waals surface area contributed by atoms with Crippen molar-refractivity contribution in [1.82, 2.24) is 9.55 Å². The summed E-state index contributed by atoms with van der Waals surface area (Å²) in [6.07, 6.45) is 5.99. The summed E-state index contributed by atoms with van der Waals surface area (Å²) in [7, 11) is 0. The summed E-state index contributed by atoms with van der Waals surface area (Å²) in [5.74, 6) is 0. The second kappa shape index (κ2) is 2.83. The number of pyridine rings is 1. The molecule has 1 aliphatic heterocycles. The molecule has 1 aliphatic rings. The molecule has 2 aromatic heterocycles. The molecule has 0 radical (unpaired) electrons. The fraction of sp³-hybridized carbons (Fsp3) is 0.417. The van der Waals surface area contributed by atoms with E-state index >= 15 is 0 Å². The van der Waals surface area contributed by atoms with Crippen LogP contribution < -0.4 is 0 Å². The van der Waals surface area contributed by atoms with E-state index in [0.717, 1.165) is 13.2 Å². The van der Waals surface area contributed by atoms with E-state index in [-0.39, 0.29) is 5.54 Å². The standard InChI is InChI=1S/C12H14N2O/c1-9-6-14(12(2)7-15-8-12)11-3-4-13-5-10(9)11/h3-6H,7-8H2,1-2H3. The van der Waals surface area contributed by atoms with Crippen molar-refractivity contribution in [1.29, 1.82) is 0 Å². The van der Waals surface area contributed by atoms with Gasteiger partial charge in [0.15, 0.2) is 0 Å². The van der Waals surface area contributed by atoms with Gasteiger partial charge < -0.3 is 9.30 Å². The van der Waals surface area contributed by atoms with E-state index < -0.39 is 0 Å². The molecular formula is C12H14N2O. The molecule has 3 heteroatoms. The van der Waals surface area contributed by atoms with Gasteiger partial charge in [-0.3, -0.25) is 4.98 Å². The van der Waals surface area contributed by atoms with Crippen LogP contribution in [0.15, 0.2) is 24.7 Å². The van der Waals surface area contributed by atoms with Crippen LogP contribution in [0.25, 0.3) is 10.9 Å². The predicted molar refractivity (Wildman–Crippen MR) is 58.9 cm³/mol. The largest absolute Gasteiger partial charge is 0.376 e. The lowest BCUT2D eigenvalue weighted by atomic mass is 10.0. The first-order chi connectivity index (χ1) is 7.21. The number of aryl methyl sites for hydroxylation is 1. The van der Waals surface area contributed by atoms with Gasteiger partial charge in [0, 0.05) is 24.0 Å². The summed E-state index contributed by atoms with van der Waals surface area (Å²) in [6, 6.07) is 2.08. The van der Waals surface area contributed by atoms with Gasteiger partial charge in [0.1, 0.15) is 0 Å². The molecule has 0 saturated carbocycles. The summed E-state index contributed by atoms with van der Waals surface area (Å²) < 4.78 is 7.64. The van der Waals surface area contributed by atoms with Crippen molar-refractivity contribution >= 4 is 10.9 Å².